The van der Waals surface area contributed by atoms with E-state index in [1.165, 1.54) is 11.3 Å². The van der Waals surface area contributed by atoms with Crippen molar-refractivity contribution >= 4 is 11.3 Å². The second-order valence-electron chi connectivity index (χ2n) is 4.06. The van der Waals surface area contributed by atoms with Gasteiger partial charge in [-0.2, -0.15) is 4.68 Å². The normalized spacial score (nSPS) is 11.4. The molecule has 0 fully saturated rings. The number of ether oxygens (including phenoxy) is 1. The summed E-state index contributed by atoms with van der Waals surface area (Å²) in [5.41, 5.74) is 1.20. The molecule has 0 aromatic carbocycles. The zero-order valence-electron chi connectivity index (χ0n) is 10.5. The van der Waals surface area contributed by atoms with Gasteiger partial charge in [0, 0.05) is 13.0 Å². The summed E-state index contributed by atoms with van der Waals surface area (Å²) in [5.74, 6) is 0.322. The number of rotatable bonds is 5. The Balaban J connectivity index is 2.39. The van der Waals surface area contributed by atoms with E-state index in [2.05, 4.69) is 34.4 Å². The van der Waals surface area contributed by atoms with Crippen LogP contribution in [0.2, 0.25) is 0 Å². The van der Waals surface area contributed by atoms with Gasteiger partial charge in [0.1, 0.15) is 10.7 Å². The molecular formula is C10H15N5O2S. The van der Waals surface area contributed by atoms with Crippen LogP contribution in [0.5, 0.6) is 0 Å². The molecule has 0 amide bonds. The zero-order chi connectivity index (χ0) is 13.1. The van der Waals surface area contributed by atoms with Crippen LogP contribution in [0.1, 0.15) is 36.2 Å². The molecule has 0 bridgehead atoms. The van der Waals surface area contributed by atoms with E-state index in [9.17, 15) is 5.11 Å². The molecule has 1 N–H and O–H groups in total. The third-order valence-corrected chi connectivity index (χ3v) is 3.58. The lowest BCUT2D eigenvalue weighted by atomic mass is 10.2. The van der Waals surface area contributed by atoms with Crippen LogP contribution < -0.4 is 0 Å². The summed E-state index contributed by atoms with van der Waals surface area (Å²) in [5, 5.41) is 26.9. The summed E-state index contributed by atoms with van der Waals surface area (Å²) in [6, 6.07) is 0. The number of nitrogens with zero attached hydrogens (tertiary/aromatic N) is 5. The quantitative estimate of drug-likeness (QED) is 0.867. The Bertz CT molecular complexity index is 522. The lowest BCUT2D eigenvalue weighted by Gasteiger charge is -2.02. The van der Waals surface area contributed by atoms with Crippen LogP contribution in [-0.2, 0) is 18.0 Å². The molecule has 0 atom stereocenters. The highest BCUT2D eigenvalue weighted by molar-refractivity contribution is 7.13. The summed E-state index contributed by atoms with van der Waals surface area (Å²) in [6.45, 7) is 4.26. The van der Waals surface area contributed by atoms with Gasteiger partial charge in [0.15, 0.2) is 0 Å². The van der Waals surface area contributed by atoms with Gasteiger partial charge in [-0.25, -0.2) is 0 Å². The first-order chi connectivity index (χ1) is 8.67. The summed E-state index contributed by atoms with van der Waals surface area (Å²) in [4.78, 5) is 0. The third kappa shape index (κ3) is 2.40. The summed E-state index contributed by atoms with van der Waals surface area (Å²) < 4.78 is 6.66. The first kappa shape index (κ1) is 13.1. The van der Waals surface area contributed by atoms with Crippen LogP contribution in [0.3, 0.4) is 0 Å². The van der Waals surface area contributed by atoms with E-state index >= 15 is 0 Å². The molecule has 0 radical (unpaired) electrons. The molecule has 0 saturated heterocycles. The predicted octanol–water partition coefficient (Wildman–Crippen LogP) is 0.881. The minimum atomic E-state index is -0.172. The molecule has 2 heterocycles. The molecule has 2 rings (SSSR count). The van der Waals surface area contributed by atoms with Gasteiger partial charge in [-0.15, -0.1) is 15.3 Å². The Morgan fingerprint density at radius 2 is 2.11 bits per heavy atom. The summed E-state index contributed by atoms with van der Waals surface area (Å²) in [6.07, 6.45) is 0. The second kappa shape index (κ2) is 5.51. The highest BCUT2D eigenvalue weighted by Crippen LogP contribution is 2.23. The van der Waals surface area contributed by atoms with E-state index in [4.69, 9.17) is 4.74 Å². The fraction of sp³-hybridized carbons (Fsp3) is 0.600. The van der Waals surface area contributed by atoms with E-state index in [0.717, 1.165) is 5.01 Å². The molecule has 2 aromatic rings. The number of methoxy groups -OCH3 is 1. The van der Waals surface area contributed by atoms with Crippen molar-refractivity contribution in [3.05, 3.63) is 16.4 Å². The molecule has 8 heteroatoms. The fourth-order valence-electron chi connectivity index (χ4n) is 1.44. The van der Waals surface area contributed by atoms with E-state index in [-0.39, 0.29) is 6.61 Å². The topological polar surface area (TPSA) is 86.0 Å². The monoisotopic (exact) mass is 269 g/mol. The maximum absolute atomic E-state index is 9.19. The smallest absolute Gasteiger partial charge is 0.234 e. The Morgan fingerprint density at radius 1 is 1.33 bits per heavy atom. The SMILES string of the molecule is COCc1c(CO)nnn1-c1nnc(C(C)C)s1. The highest BCUT2D eigenvalue weighted by atomic mass is 32.1. The number of aliphatic hydroxyl groups excluding tert-OH is 1. The molecule has 98 valence electrons. The Labute approximate surface area is 108 Å². The van der Waals surface area contributed by atoms with Gasteiger partial charge in [-0.3, -0.25) is 0 Å². The Kier molecular flexibility index (Phi) is 4.00. The molecule has 2 aromatic heterocycles. The first-order valence-electron chi connectivity index (χ1n) is 5.54. The number of aliphatic hydroxyl groups is 1. The van der Waals surface area contributed by atoms with E-state index in [0.29, 0.717) is 29.0 Å². The predicted molar refractivity (Wildman–Crippen MR) is 65.6 cm³/mol. The van der Waals surface area contributed by atoms with Crippen LogP contribution in [0, 0.1) is 0 Å². The fourth-order valence-corrected chi connectivity index (χ4v) is 2.25. The van der Waals surface area contributed by atoms with Crippen molar-refractivity contribution in [3.8, 4) is 5.13 Å². The van der Waals surface area contributed by atoms with Crippen molar-refractivity contribution in [2.75, 3.05) is 7.11 Å². The highest BCUT2D eigenvalue weighted by Gasteiger charge is 2.17. The van der Waals surface area contributed by atoms with E-state index in [1.54, 1.807) is 11.8 Å². The van der Waals surface area contributed by atoms with Crippen molar-refractivity contribution in [1.82, 2.24) is 25.2 Å². The number of hydrogen-bond acceptors (Lipinski definition) is 7. The van der Waals surface area contributed by atoms with Gasteiger partial charge in [0.2, 0.25) is 5.13 Å². The molecule has 0 aliphatic heterocycles. The Morgan fingerprint density at radius 3 is 2.67 bits per heavy atom. The van der Waals surface area contributed by atoms with Crippen LogP contribution in [-0.4, -0.2) is 37.4 Å². The van der Waals surface area contributed by atoms with Gasteiger partial charge < -0.3 is 9.84 Å². The van der Waals surface area contributed by atoms with Gasteiger partial charge in [-0.05, 0) is 0 Å². The average Bonchev–Trinajstić information content (AvgIpc) is 2.95. The van der Waals surface area contributed by atoms with Gasteiger partial charge >= 0.3 is 0 Å². The molecule has 0 aliphatic rings. The average molecular weight is 269 g/mol. The first-order valence-corrected chi connectivity index (χ1v) is 6.36. The molecule has 0 aliphatic carbocycles. The van der Waals surface area contributed by atoms with Crippen molar-refractivity contribution in [3.63, 3.8) is 0 Å². The van der Waals surface area contributed by atoms with Crippen LogP contribution in [0.15, 0.2) is 0 Å². The van der Waals surface area contributed by atoms with Gasteiger partial charge in [0.25, 0.3) is 0 Å². The standard InChI is InChI=1S/C10H15N5O2S/c1-6(2)9-12-13-10(18-9)15-8(5-17-3)7(4-16)11-14-15/h6,16H,4-5H2,1-3H3. The van der Waals surface area contributed by atoms with Crippen molar-refractivity contribution < 1.29 is 9.84 Å². The second-order valence-corrected chi connectivity index (χ2v) is 5.05. The molecule has 0 spiro atoms. The Hall–Kier alpha value is -1.38. The van der Waals surface area contributed by atoms with Crippen molar-refractivity contribution in [2.45, 2.75) is 33.0 Å². The minimum absolute atomic E-state index is 0.172. The van der Waals surface area contributed by atoms with Crippen LogP contribution in [0.4, 0.5) is 0 Å². The summed E-state index contributed by atoms with van der Waals surface area (Å²) >= 11 is 1.46. The maximum Gasteiger partial charge on any atom is 0.234 e. The van der Waals surface area contributed by atoms with Crippen molar-refractivity contribution in [2.24, 2.45) is 0 Å². The summed E-state index contributed by atoms with van der Waals surface area (Å²) in [7, 11) is 1.58. The largest absolute Gasteiger partial charge is 0.390 e. The van der Waals surface area contributed by atoms with Gasteiger partial charge in [-0.1, -0.05) is 30.4 Å². The number of hydrogen-bond donors (Lipinski definition) is 1. The zero-order valence-corrected chi connectivity index (χ0v) is 11.3. The molecular weight excluding hydrogens is 254 g/mol. The molecule has 0 saturated carbocycles. The van der Waals surface area contributed by atoms with E-state index < -0.39 is 0 Å². The van der Waals surface area contributed by atoms with Crippen molar-refractivity contribution in [1.29, 1.82) is 0 Å². The third-order valence-electron chi connectivity index (χ3n) is 2.38. The molecule has 18 heavy (non-hydrogen) atoms. The number of aromatic nitrogens is 5. The lowest BCUT2D eigenvalue weighted by molar-refractivity contribution is 0.175. The van der Waals surface area contributed by atoms with Gasteiger partial charge in [0.05, 0.1) is 18.9 Å². The van der Waals surface area contributed by atoms with Crippen LogP contribution in [0.25, 0.3) is 5.13 Å². The van der Waals surface area contributed by atoms with E-state index in [1.807, 2.05) is 0 Å². The minimum Gasteiger partial charge on any atom is -0.390 e. The van der Waals surface area contributed by atoms with Crippen LogP contribution >= 0.6 is 11.3 Å². The molecule has 0 unspecified atom stereocenters. The molecule has 7 nitrogen and oxygen atoms in total. The lowest BCUT2D eigenvalue weighted by Crippen LogP contribution is -2.04. The maximum atomic E-state index is 9.19.